The van der Waals surface area contributed by atoms with Crippen molar-refractivity contribution in [1.82, 2.24) is 0 Å². The highest BCUT2D eigenvalue weighted by atomic mass is 16.5. The smallest absolute Gasteiger partial charge is 0.123 e. The van der Waals surface area contributed by atoms with Crippen molar-refractivity contribution in [3.8, 4) is 5.75 Å². The fourth-order valence-corrected chi connectivity index (χ4v) is 2.27. The minimum absolute atomic E-state index is 0.0286. The Morgan fingerprint density at radius 2 is 1.81 bits per heavy atom. The molecule has 0 amide bonds. The molecule has 0 aliphatic carbocycles. The summed E-state index contributed by atoms with van der Waals surface area (Å²) >= 11 is 0. The lowest BCUT2D eigenvalue weighted by Gasteiger charge is -2.24. The SMILES string of the molecule is CCCOc1ccc(CCC(CO)CO)cc1C(C)(C)C. The topological polar surface area (TPSA) is 49.7 Å². The summed E-state index contributed by atoms with van der Waals surface area (Å²) in [4.78, 5) is 0. The van der Waals surface area contributed by atoms with Crippen LogP contribution in [0.4, 0.5) is 0 Å². The van der Waals surface area contributed by atoms with Gasteiger partial charge in [0.05, 0.1) is 6.61 Å². The van der Waals surface area contributed by atoms with Gasteiger partial charge in [0.1, 0.15) is 5.75 Å². The third-order valence-corrected chi connectivity index (χ3v) is 3.67. The van der Waals surface area contributed by atoms with E-state index in [1.807, 2.05) is 0 Å². The van der Waals surface area contributed by atoms with E-state index < -0.39 is 0 Å². The molecule has 0 aromatic heterocycles. The molecule has 0 heterocycles. The Labute approximate surface area is 129 Å². The van der Waals surface area contributed by atoms with Gasteiger partial charge in [-0.25, -0.2) is 0 Å². The first-order valence-corrected chi connectivity index (χ1v) is 7.90. The van der Waals surface area contributed by atoms with Crippen molar-refractivity contribution in [2.75, 3.05) is 19.8 Å². The minimum Gasteiger partial charge on any atom is -0.493 e. The first-order chi connectivity index (χ1) is 9.92. The molecule has 1 aromatic rings. The Balaban J connectivity index is 2.88. The minimum atomic E-state index is -0.0286. The molecule has 0 radical (unpaired) electrons. The molecule has 1 rings (SSSR count). The highest BCUT2D eigenvalue weighted by Gasteiger charge is 2.19. The van der Waals surface area contributed by atoms with E-state index in [9.17, 15) is 0 Å². The van der Waals surface area contributed by atoms with Crippen molar-refractivity contribution in [2.45, 2.75) is 52.4 Å². The van der Waals surface area contributed by atoms with Crippen molar-refractivity contribution in [3.05, 3.63) is 29.3 Å². The van der Waals surface area contributed by atoms with E-state index in [1.54, 1.807) is 0 Å². The number of ether oxygens (including phenoxy) is 1. The van der Waals surface area contributed by atoms with Crippen LogP contribution in [0.3, 0.4) is 0 Å². The van der Waals surface area contributed by atoms with Crippen LogP contribution >= 0.6 is 0 Å². The van der Waals surface area contributed by atoms with Gasteiger partial charge in [-0.2, -0.15) is 0 Å². The van der Waals surface area contributed by atoms with Crippen LogP contribution in [-0.2, 0) is 11.8 Å². The van der Waals surface area contributed by atoms with Crippen LogP contribution in [0, 0.1) is 5.92 Å². The van der Waals surface area contributed by atoms with Crippen molar-refractivity contribution >= 4 is 0 Å². The van der Waals surface area contributed by atoms with Crippen LogP contribution in [0.2, 0.25) is 0 Å². The fraction of sp³-hybridized carbons (Fsp3) is 0.667. The molecule has 0 bridgehead atoms. The van der Waals surface area contributed by atoms with Gasteiger partial charge in [0.25, 0.3) is 0 Å². The predicted molar refractivity (Wildman–Crippen MR) is 86.9 cm³/mol. The van der Waals surface area contributed by atoms with Crippen molar-refractivity contribution in [3.63, 3.8) is 0 Å². The lowest BCUT2D eigenvalue weighted by atomic mass is 9.84. The zero-order valence-corrected chi connectivity index (χ0v) is 13.9. The van der Waals surface area contributed by atoms with E-state index >= 15 is 0 Å². The summed E-state index contributed by atoms with van der Waals surface area (Å²) in [6, 6.07) is 6.35. The summed E-state index contributed by atoms with van der Waals surface area (Å²) in [7, 11) is 0. The number of aryl methyl sites for hydroxylation is 1. The molecule has 0 aliphatic rings. The summed E-state index contributed by atoms with van der Waals surface area (Å²) in [5.41, 5.74) is 2.49. The van der Waals surface area contributed by atoms with Gasteiger partial charge in [0.15, 0.2) is 0 Å². The Morgan fingerprint density at radius 1 is 1.14 bits per heavy atom. The number of rotatable bonds is 8. The van der Waals surface area contributed by atoms with Crippen LogP contribution in [0.15, 0.2) is 18.2 Å². The predicted octanol–water partition coefficient (Wildman–Crippen LogP) is 3.31. The molecule has 0 aliphatic heterocycles. The van der Waals surface area contributed by atoms with Crippen molar-refractivity contribution in [1.29, 1.82) is 0 Å². The first kappa shape index (κ1) is 18.0. The number of aliphatic hydroxyl groups is 2. The maximum Gasteiger partial charge on any atom is 0.123 e. The lowest BCUT2D eigenvalue weighted by molar-refractivity contribution is 0.144. The molecule has 1 aromatic carbocycles. The van der Waals surface area contributed by atoms with Gasteiger partial charge in [-0.15, -0.1) is 0 Å². The average molecular weight is 294 g/mol. The average Bonchev–Trinajstić information content (AvgIpc) is 2.45. The summed E-state index contributed by atoms with van der Waals surface area (Å²) < 4.78 is 5.86. The van der Waals surface area contributed by atoms with Crippen LogP contribution in [0.1, 0.15) is 51.7 Å². The maximum absolute atomic E-state index is 9.15. The molecule has 2 N–H and O–H groups in total. The van der Waals surface area contributed by atoms with E-state index in [0.717, 1.165) is 31.6 Å². The van der Waals surface area contributed by atoms with Crippen molar-refractivity contribution < 1.29 is 14.9 Å². The van der Waals surface area contributed by atoms with Crippen LogP contribution in [-0.4, -0.2) is 30.0 Å². The summed E-state index contributed by atoms with van der Waals surface area (Å²) in [5.74, 6) is 0.938. The van der Waals surface area contributed by atoms with Gasteiger partial charge in [0, 0.05) is 19.1 Å². The number of aliphatic hydroxyl groups excluding tert-OH is 2. The highest BCUT2D eigenvalue weighted by Crippen LogP contribution is 2.32. The largest absolute Gasteiger partial charge is 0.493 e. The Bertz CT molecular complexity index is 417. The molecule has 0 saturated carbocycles. The number of hydrogen-bond donors (Lipinski definition) is 2. The molecule has 0 saturated heterocycles. The molecule has 0 fully saturated rings. The van der Waals surface area contributed by atoms with Gasteiger partial charge in [-0.05, 0) is 41.9 Å². The third-order valence-electron chi connectivity index (χ3n) is 3.67. The van der Waals surface area contributed by atoms with Gasteiger partial charge in [0.2, 0.25) is 0 Å². The first-order valence-electron chi connectivity index (χ1n) is 7.90. The standard InChI is InChI=1S/C18H30O3/c1-5-10-21-17-9-8-14(6-7-15(12-19)13-20)11-16(17)18(2,3)4/h8-9,11,15,19-20H,5-7,10,12-13H2,1-4H3. The molecule has 0 atom stereocenters. The van der Waals surface area contributed by atoms with Gasteiger partial charge in [-0.1, -0.05) is 39.8 Å². The number of hydrogen-bond acceptors (Lipinski definition) is 3. The summed E-state index contributed by atoms with van der Waals surface area (Å²) in [6.07, 6.45) is 2.66. The second kappa shape index (κ2) is 8.40. The molecule has 3 nitrogen and oxygen atoms in total. The van der Waals surface area contributed by atoms with E-state index in [2.05, 4.69) is 45.9 Å². The quantitative estimate of drug-likeness (QED) is 0.773. The normalized spacial score (nSPS) is 12.0. The Kier molecular flexibility index (Phi) is 7.20. The maximum atomic E-state index is 9.15. The van der Waals surface area contributed by atoms with E-state index in [4.69, 9.17) is 14.9 Å². The lowest BCUT2D eigenvalue weighted by Crippen LogP contribution is -2.15. The molecular weight excluding hydrogens is 264 g/mol. The molecule has 21 heavy (non-hydrogen) atoms. The summed E-state index contributed by atoms with van der Waals surface area (Å²) in [6.45, 7) is 9.49. The molecule has 120 valence electrons. The summed E-state index contributed by atoms with van der Waals surface area (Å²) in [5, 5.41) is 18.3. The second-order valence-electron chi connectivity index (χ2n) is 6.70. The monoisotopic (exact) mass is 294 g/mol. The highest BCUT2D eigenvalue weighted by molar-refractivity contribution is 5.41. The zero-order chi connectivity index (χ0) is 15.9. The van der Waals surface area contributed by atoms with Crippen molar-refractivity contribution in [2.24, 2.45) is 5.92 Å². The third kappa shape index (κ3) is 5.68. The van der Waals surface area contributed by atoms with Crippen LogP contribution in [0.25, 0.3) is 0 Å². The van der Waals surface area contributed by atoms with Gasteiger partial charge in [-0.3, -0.25) is 0 Å². The van der Waals surface area contributed by atoms with Gasteiger partial charge < -0.3 is 14.9 Å². The van der Waals surface area contributed by atoms with Crippen LogP contribution < -0.4 is 4.74 Å². The molecule has 0 unspecified atom stereocenters. The Morgan fingerprint density at radius 3 is 2.33 bits per heavy atom. The van der Waals surface area contributed by atoms with Gasteiger partial charge >= 0.3 is 0 Å². The van der Waals surface area contributed by atoms with E-state index in [1.165, 1.54) is 11.1 Å². The van der Waals surface area contributed by atoms with Crippen LogP contribution in [0.5, 0.6) is 5.75 Å². The molecule has 0 spiro atoms. The second-order valence-corrected chi connectivity index (χ2v) is 6.70. The molecule has 3 heteroatoms. The Hall–Kier alpha value is -1.06. The number of benzene rings is 1. The molecular formula is C18H30O3. The fourth-order valence-electron chi connectivity index (χ4n) is 2.27. The van der Waals surface area contributed by atoms with E-state index in [-0.39, 0.29) is 24.5 Å². The van der Waals surface area contributed by atoms with E-state index in [0.29, 0.717) is 0 Å². The zero-order valence-electron chi connectivity index (χ0n) is 13.9.